The van der Waals surface area contributed by atoms with Crippen LogP contribution in [0.1, 0.15) is 18.4 Å². The van der Waals surface area contributed by atoms with E-state index in [4.69, 9.17) is 27.9 Å². The van der Waals surface area contributed by atoms with Crippen molar-refractivity contribution in [1.29, 1.82) is 0 Å². The molecule has 2 aromatic rings. The average molecular weight is 463 g/mol. The minimum Gasteiger partial charge on any atom is -0.456 e. The van der Waals surface area contributed by atoms with Gasteiger partial charge in [-0.3, -0.25) is 14.4 Å². The number of rotatable bonds is 7. The van der Waals surface area contributed by atoms with Gasteiger partial charge in [-0.15, -0.1) is 0 Å². The van der Waals surface area contributed by atoms with Crippen molar-refractivity contribution in [3.63, 3.8) is 0 Å². The number of benzene rings is 2. The van der Waals surface area contributed by atoms with Crippen molar-refractivity contribution in [3.8, 4) is 0 Å². The Labute approximate surface area is 179 Å². The van der Waals surface area contributed by atoms with Crippen LogP contribution in [0.3, 0.4) is 0 Å². The summed E-state index contributed by atoms with van der Waals surface area (Å²) in [4.78, 5) is 35.3. The first-order valence-corrected chi connectivity index (χ1v) is 9.18. The van der Waals surface area contributed by atoms with Gasteiger partial charge in [0.15, 0.2) is 6.61 Å². The molecular formula is C19H15Cl2F3N2O4. The highest BCUT2D eigenvalue weighted by Gasteiger charge is 2.31. The molecule has 0 fully saturated rings. The molecule has 2 aromatic carbocycles. The second kappa shape index (κ2) is 10.3. The van der Waals surface area contributed by atoms with Gasteiger partial charge in [0.05, 0.1) is 22.7 Å². The zero-order chi connectivity index (χ0) is 22.3. The zero-order valence-electron chi connectivity index (χ0n) is 15.2. The Bertz CT molecular complexity index is 952. The molecule has 0 aliphatic carbocycles. The largest absolute Gasteiger partial charge is 0.456 e. The number of nitrogens with one attached hydrogen (secondary N) is 2. The van der Waals surface area contributed by atoms with Crippen molar-refractivity contribution in [2.24, 2.45) is 0 Å². The number of anilines is 2. The number of carbonyl (C=O) groups is 3. The Kier molecular flexibility index (Phi) is 8.08. The maximum absolute atomic E-state index is 12.7. The van der Waals surface area contributed by atoms with E-state index >= 15 is 0 Å². The van der Waals surface area contributed by atoms with E-state index in [2.05, 4.69) is 10.6 Å². The van der Waals surface area contributed by atoms with Crippen molar-refractivity contribution in [2.45, 2.75) is 19.0 Å². The highest BCUT2D eigenvalue weighted by molar-refractivity contribution is 6.33. The zero-order valence-corrected chi connectivity index (χ0v) is 16.7. The smallest absolute Gasteiger partial charge is 0.416 e. The average Bonchev–Trinajstić information content (AvgIpc) is 2.65. The summed E-state index contributed by atoms with van der Waals surface area (Å²) in [5.41, 5.74) is -0.809. The molecule has 0 saturated carbocycles. The van der Waals surface area contributed by atoms with Crippen LogP contribution in [0.15, 0.2) is 42.5 Å². The summed E-state index contributed by atoms with van der Waals surface area (Å²) < 4.78 is 42.9. The fourth-order valence-electron chi connectivity index (χ4n) is 2.21. The Hall–Kier alpha value is -2.78. The van der Waals surface area contributed by atoms with E-state index in [-0.39, 0.29) is 23.6 Å². The summed E-state index contributed by atoms with van der Waals surface area (Å²) >= 11 is 11.6. The van der Waals surface area contributed by atoms with Gasteiger partial charge in [-0.25, -0.2) is 0 Å². The third-order valence-corrected chi connectivity index (χ3v) is 4.16. The number of amides is 2. The Morgan fingerprint density at radius 2 is 1.67 bits per heavy atom. The molecule has 0 bridgehead atoms. The van der Waals surface area contributed by atoms with Crippen LogP contribution in [0.4, 0.5) is 24.5 Å². The maximum Gasteiger partial charge on any atom is 0.416 e. The predicted molar refractivity (Wildman–Crippen MR) is 105 cm³/mol. The second-order valence-electron chi connectivity index (χ2n) is 5.96. The molecule has 6 nitrogen and oxygen atoms in total. The lowest BCUT2D eigenvalue weighted by Gasteiger charge is -2.12. The molecule has 2 N–H and O–H groups in total. The number of ether oxygens (including phenoxy) is 1. The molecule has 0 spiro atoms. The molecule has 0 atom stereocenters. The minimum absolute atomic E-state index is 0.111. The second-order valence-corrected chi connectivity index (χ2v) is 6.80. The molecule has 2 rings (SSSR count). The van der Waals surface area contributed by atoms with E-state index in [9.17, 15) is 27.6 Å². The van der Waals surface area contributed by atoms with Crippen LogP contribution in [0.25, 0.3) is 0 Å². The van der Waals surface area contributed by atoms with E-state index in [1.807, 2.05) is 0 Å². The molecule has 160 valence electrons. The number of carbonyl (C=O) groups excluding carboxylic acids is 3. The molecular weight excluding hydrogens is 448 g/mol. The first-order valence-electron chi connectivity index (χ1n) is 8.42. The molecule has 0 heterocycles. The summed E-state index contributed by atoms with van der Waals surface area (Å²) in [7, 11) is 0. The first kappa shape index (κ1) is 23.5. The number of halogens is 5. The van der Waals surface area contributed by atoms with Crippen LogP contribution >= 0.6 is 23.2 Å². The van der Waals surface area contributed by atoms with Gasteiger partial charge in [0.2, 0.25) is 5.91 Å². The summed E-state index contributed by atoms with van der Waals surface area (Å²) in [6, 6.07) is 8.85. The van der Waals surface area contributed by atoms with Gasteiger partial charge in [0.1, 0.15) is 0 Å². The van der Waals surface area contributed by atoms with E-state index in [1.165, 1.54) is 6.07 Å². The normalized spacial score (nSPS) is 11.0. The van der Waals surface area contributed by atoms with Gasteiger partial charge in [0.25, 0.3) is 5.91 Å². The van der Waals surface area contributed by atoms with Crippen molar-refractivity contribution in [3.05, 3.63) is 58.1 Å². The van der Waals surface area contributed by atoms with Gasteiger partial charge < -0.3 is 15.4 Å². The lowest BCUT2D eigenvalue weighted by Crippen LogP contribution is -2.22. The topological polar surface area (TPSA) is 84.5 Å². The van der Waals surface area contributed by atoms with E-state index in [0.29, 0.717) is 16.8 Å². The molecule has 0 unspecified atom stereocenters. The van der Waals surface area contributed by atoms with Gasteiger partial charge >= 0.3 is 12.1 Å². The fraction of sp³-hybridized carbons (Fsp3) is 0.211. The lowest BCUT2D eigenvalue weighted by molar-refractivity contribution is -0.147. The molecule has 0 radical (unpaired) electrons. The van der Waals surface area contributed by atoms with Gasteiger partial charge in [0, 0.05) is 17.1 Å². The summed E-state index contributed by atoms with van der Waals surface area (Å²) in [5, 5.41) is 5.00. The minimum atomic E-state index is -4.61. The van der Waals surface area contributed by atoms with Crippen LogP contribution < -0.4 is 10.6 Å². The molecule has 30 heavy (non-hydrogen) atoms. The maximum atomic E-state index is 12.7. The van der Waals surface area contributed by atoms with Gasteiger partial charge in [-0.2, -0.15) is 13.2 Å². The third kappa shape index (κ3) is 7.57. The molecule has 0 saturated heterocycles. The number of esters is 1. The molecule has 11 heteroatoms. The Morgan fingerprint density at radius 1 is 0.933 bits per heavy atom. The Morgan fingerprint density at radius 3 is 2.33 bits per heavy atom. The van der Waals surface area contributed by atoms with Gasteiger partial charge in [-0.1, -0.05) is 29.3 Å². The number of alkyl halides is 3. The van der Waals surface area contributed by atoms with Crippen LogP contribution in [-0.2, 0) is 25.3 Å². The van der Waals surface area contributed by atoms with Crippen molar-refractivity contribution < 1.29 is 32.3 Å². The van der Waals surface area contributed by atoms with Crippen LogP contribution in [-0.4, -0.2) is 24.4 Å². The van der Waals surface area contributed by atoms with Crippen molar-refractivity contribution in [1.82, 2.24) is 0 Å². The van der Waals surface area contributed by atoms with Crippen LogP contribution in [0.5, 0.6) is 0 Å². The molecule has 0 aliphatic heterocycles. The van der Waals surface area contributed by atoms with E-state index in [1.54, 1.807) is 18.2 Å². The standard InChI is InChI=1S/C19H15Cl2F3N2O4/c20-12-2-1-3-13(9-12)25-16(27)6-7-18(29)30-10-17(28)26-15-8-11(19(22,23)24)4-5-14(15)21/h1-5,8-9H,6-7,10H2,(H,25,27)(H,26,28). The SMILES string of the molecule is O=C(CCC(=O)OCC(=O)Nc1cc(C(F)(F)F)ccc1Cl)Nc1cccc(Cl)c1. The first-order chi connectivity index (χ1) is 14.0. The van der Waals surface area contributed by atoms with E-state index < -0.39 is 36.1 Å². The molecule has 2 amide bonds. The number of hydrogen-bond acceptors (Lipinski definition) is 4. The predicted octanol–water partition coefficient (Wildman–Crippen LogP) is 4.91. The summed E-state index contributed by atoms with van der Waals surface area (Å²) in [6.07, 6.45) is -5.11. The summed E-state index contributed by atoms with van der Waals surface area (Å²) in [5.74, 6) is -2.18. The highest BCUT2D eigenvalue weighted by Crippen LogP contribution is 2.33. The highest BCUT2D eigenvalue weighted by atomic mass is 35.5. The number of hydrogen-bond donors (Lipinski definition) is 2. The fourth-order valence-corrected chi connectivity index (χ4v) is 2.56. The van der Waals surface area contributed by atoms with Gasteiger partial charge in [-0.05, 0) is 36.4 Å². The summed E-state index contributed by atoms with van der Waals surface area (Å²) in [6.45, 7) is -0.749. The quantitative estimate of drug-likeness (QED) is 0.572. The Balaban J connectivity index is 1.78. The lowest BCUT2D eigenvalue weighted by atomic mass is 10.2. The molecule has 0 aliphatic rings. The van der Waals surface area contributed by atoms with Crippen molar-refractivity contribution >= 4 is 52.4 Å². The molecule has 0 aromatic heterocycles. The monoisotopic (exact) mass is 462 g/mol. The van der Waals surface area contributed by atoms with Crippen molar-refractivity contribution in [2.75, 3.05) is 17.2 Å². The van der Waals surface area contributed by atoms with Crippen LogP contribution in [0, 0.1) is 0 Å². The third-order valence-electron chi connectivity index (χ3n) is 3.60. The van der Waals surface area contributed by atoms with Crippen LogP contribution in [0.2, 0.25) is 10.0 Å². The van der Waals surface area contributed by atoms with E-state index in [0.717, 1.165) is 12.1 Å².